The van der Waals surface area contributed by atoms with Gasteiger partial charge < -0.3 is 15.2 Å². The van der Waals surface area contributed by atoms with Gasteiger partial charge in [-0.25, -0.2) is 4.39 Å². The third-order valence-corrected chi connectivity index (χ3v) is 3.55. The van der Waals surface area contributed by atoms with E-state index in [1.54, 1.807) is 19.2 Å². The van der Waals surface area contributed by atoms with Gasteiger partial charge in [0.25, 0.3) is 0 Å². The molecule has 0 atom stereocenters. The normalized spacial score (nSPS) is 10.4. The molecule has 1 amide bonds. The highest BCUT2D eigenvalue weighted by Gasteiger charge is 2.06. The number of hydrogen-bond acceptors (Lipinski definition) is 3. The summed E-state index contributed by atoms with van der Waals surface area (Å²) in [6.07, 6.45) is 0.982. The maximum Gasteiger partial charge on any atom is 0.220 e. The number of hydrogen-bond donors (Lipinski definition) is 2. The molecule has 0 aromatic heterocycles. The van der Waals surface area contributed by atoms with Crippen molar-refractivity contribution in [2.75, 3.05) is 7.11 Å². The van der Waals surface area contributed by atoms with E-state index < -0.39 is 5.82 Å². The van der Waals surface area contributed by atoms with Crippen molar-refractivity contribution in [2.45, 2.75) is 26.0 Å². The molecule has 23 heavy (non-hydrogen) atoms. The highest BCUT2D eigenvalue weighted by Crippen LogP contribution is 2.14. The van der Waals surface area contributed by atoms with E-state index >= 15 is 0 Å². The fourth-order valence-corrected chi connectivity index (χ4v) is 2.23. The Morgan fingerprint density at radius 2 is 2.04 bits per heavy atom. The molecule has 0 heterocycles. The summed E-state index contributed by atoms with van der Waals surface area (Å²) in [7, 11) is 1.61. The van der Waals surface area contributed by atoms with Crippen LogP contribution < -0.4 is 10.1 Å². The molecular formula is C18H20FNO3. The Morgan fingerprint density at radius 3 is 2.78 bits per heavy atom. The number of nitrogens with one attached hydrogen (secondary N) is 1. The van der Waals surface area contributed by atoms with Crippen molar-refractivity contribution in [1.29, 1.82) is 0 Å². The van der Waals surface area contributed by atoms with Gasteiger partial charge in [0.2, 0.25) is 5.91 Å². The number of aliphatic hydroxyl groups is 1. The molecule has 0 unspecified atom stereocenters. The van der Waals surface area contributed by atoms with Crippen molar-refractivity contribution in [3.8, 4) is 5.75 Å². The van der Waals surface area contributed by atoms with Gasteiger partial charge >= 0.3 is 0 Å². The Morgan fingerprint density at radius 1 is 1.22 bits per heavy atom. The lowest BCUT2D eigenvalue weighted by molar-refractivity contribution is -0.121. The number of carbonyl (C=O) groups excluding carboxylic acids is 1. The topological polar surface area (TPSA) is 58.6 Å². The first-order valence-electron chi connectivity index (χ1n) is 7.40. The van der Waals surface area contributed by atoms with Crippen molar-refractivity contribution in [2.24, 2.45) is 0 Å². The van der Waals surface area contributed by atoms with E-state index in [4.69, 9.17) is 9.84 Å². The predicted octanol–water partition coefficient (Wildman–Crippen LogP) is 2.58. The first kappa shape index (κ1) is 17.0. The van der Waals surface area contributed by atoms with Gasteiger partial charge in [-0.1, -0.05) is 18.2 Å². The molecule has 0 aliphatic rings. The van der Waals surface area contributed by atoms with Gasteiger partial charge in [0.15, 0.2) is 0 Å². The van der Waals surface area contributed by atoms with Crippen LogP contribution in [0.25, 0.3) is 0 Å². The molecule has 122 valence electrons. The van der Waals surface area contributed by atoms with E-state index in [9.17, 15) is 9.18 Å². The van der Waals surface area contributed by atoms with E-state index in [0.717, 1.165) is 16.9 Å². The largest absolute Gasteiger partial charge is 0.497 e. The van der Waals surface area contributed by atoms with Crippen molar-refractivity contribution >= 4 is 5.91 Å². The molecule has 4 nitrogen and oxygen atoms in total. The predicted molar refractivity (Wildman–Crippen MR) is 85.5 cm³/mol. The van der Waals surface area contributed by atoms with E-state index in [1.807, 2.05) is 24.3 Å². The first-order chi connectivity index (χ1) is 11.1. The first-order valence-corrected chi connectivity index (χ1v) is 7.40. The van der Waals surface area contributed by atoms with Crippen LogP contribution in [-0.4, -0.2) is 18.1 Å². The lowest BCUT2D eigenvalue weighted by Crippen LogP contribution is -2.23. The number of aryl methyl sites for hydroxylation is 1. The third-order valence-electron chi connectivity index (χ3n) is 3.55. The molecular weight excluding hydrogens is 297 g/mol. The SMILES string of the molecule is COc1cccc(CCC(=O)NCc2ccc(F)c(CO)c2)c1. The number of rotatable bonds is 7. The lowest BCUT2D eigenvalue weighted by Gasteiger charge is -2.08. The average Bonchev–Trinajstić information content (AvgIpc) is 2.59. The standard InChI is InChI=1S/C18H20FNO3/c1-23-16-4-2-3-13(10-16)6-8-18(22)20-11-14-5-7-17(19)15(9-14)12-21/h2-5,7,9-10,21H,6,8,11-12H2,1H3,(H,20,22). The zero-order valence-electron chi connectivity index (χ0n) is 13.0. The van der Waals surface area contributed by atoms with Crippen LogP contribution in [0.4, 0.5) is 4.39 Å². The summed E-state index contributed by atoms with van der Waals surface area (Å²) in [5, 5.41) is 11.8. The molecule has 2 aromatic rings. The molecule has 2 N–H and O–H groups in total. The van der Waals surface area contributed by atoms with Gasteiger partial charge in [0.05, 0.1) is 13.7 Å². The summed E-state index contributed by atoms with van der Waals surface area (Å²) in [6.45, 7) is -0.0479. The van der Waals surface area contributed by atoms with E-state index in [-0.39, 0.29) is 18.1 Å². The molecule has 5 heteroatoms. The van der Waals surface area contributed by atoms with E-state index in [2.05, 4.69) is 5.32 Å². The van der Waals surface area contributed by atoms with Crippen molar-refractivity contribution in [1.82, 2.24) is 5.32 Å². The van der Waals surface area contributed by atoms with Gasteiger partial charge in [-0.3, -0.25) is 4.79 Å². The summed E-state index contributed by atoms with van der Waals surface area (Å²) in [4.78, 5) is 11.9. The fraction of sp³-hybridized carbons (Fsp3) is 0.278. The highest BCUT2D eigenvalue weighted by molar-refractivity contribution is 5.76. The Hall–Kier alpha value is -2.40. The molecule has 0 saturated carbocycles. The van der Waals surface area contributed by atoms with E-state index in [0.29, 0.717) is 19.4 Å². The van der Waals surface area contributed by atoms with E-state index in [1.165, 1.54) is 6.07 Å². The van der Waals surface area contributed by atoms with Crippen LogP contribution >= 0.6 is 0 Å². The Bertz CT molecular complexity index is 673. The van der Waals surface area contributed by atoms with Crippen LogP contribution in [0.3, 0.4) is 0 Å². The molecule has 0 fully saturated rings. The summed E-state index contributed by atoms with van der Waals surface area (Å²) in [5.41, 5.74) is 2.02. The molecule has 0 radical (unpaired) electrons. The minimum absolute atomic E-state index is 0.0808. The number of aliphatic hydroxyl groups excluding tert-OH is 1. The Kier molecular flexibility index (Phi) is 6.11. The number of ether oxygens (including phenoxy) is 1. The van der Waals surface area contributed by atoms with Crippen LogP contribution in [0, 0.1) is 5.82 Å². The van der Waals surface area contributed by atoms with Crippen LogP contribution in [-0.2, 0) is 24.4 Å². The third kappa shape index (κ3) is 5.07. The molecule has 0 aliphatic carbocycles. The molecule has 0 spiro atoms. The van der Waals surface area contributed by atoms with Crippen LogP contribution in [0.15, 0.2) is 42.5 Å². The highest BCUT2D eigenvalue weighted by atomic mass is 19.1. The number of benzene rings is 2. The molecule has 0 aliphatic heterocycles. The van der Waals surface area contributed by atoms with Gasteiger partial charge in [-0.05, 0) is 41.8 Å². The monoisotopic (exact) mass is 317 g/mol. The number of amides is 1. The molecule has 0 saturated heterocycles. The fourth-order valence-electron chi connectivity index (χ4n) is 2.23. The van der Waals surface area contributed by atoms with Crippen molar-refractivity contribution < 1.29 is 19.0 Å². The zero-order chi connectivity index (χ0) is 16.7. The van der Waals surface area contributed by atoms with Gasteiger partial charge in [-0.2, -0.15) is 0 Å². The van der Waals surface area contributed by atoms with Crippen LogP contribution in [0.2, 0.25) is 0 Å². The smallest absolute Gasteiger partial charge is 0.220 e. The quantitative estimate of drug-likeness (QED) is 0.825. The minimum atomic E-state index is -0.444. The van der Waals surface area contributed by atoms with Gasteiger partial charge in [0, 0.05) is 18.5 Å². The van der Waals surface area contributed by atoms with Gasteiger partial charge in [-0.15, -0.1) is 0 Å². The second kappa shape index (κ2) is 8.29. The number of carbonyl (C=O) groups is 1. The summed E-state index contributed by atoms with van der Waals surface area (Å²) in [6, 6.07) is 12.0. The number of methoxy groups -OCH3 is 1. The maximum atomic E-state index is 13.3. The molecule has 2 rings (SSSR count). The maximum absolute atomic E-state index is 13.3. The van der Waals surface area contributed by atoms with Crippen molar-refractivity contribution in [3.05, 3.63) is 65.0 Å². The van der Waals surface area contributed by atoms with Gasteiger partial charge in [0.1, 0.15) is 11.6 Å². The Labute approximate surface area is 134 Å². The second-order valence-corrected chi connectivity index (χ2v) is 5.21. The number of halogens is 1. The lowest BCUT2D eigenvalue weighted by atomic mass is 10.1. The average molecular weight is 317 g/mol. The summed E-state index contributed by atoms with van der Waals surface area (Å²) >= 11 is 0. The van der Waals surface area contributed by atoms with Crippen LogP contribution in [0.1, 0.15) is 23.1 Å². The second-order valence-electron chi connectivity index (χ2n) is 5.21. The Balaban J connectivity index is 1.83. The van der Waals surface area contributed by atoms with Crippen molar-refractivity contribution in [3.63, 3.8) is 0 Å². The summed E-state index contributed by atoms with van der Waals surface area (Å²) in [5.74, 6) is 0.244. The molecule has 0 bridgehead atoms. The zero-order valence-corrected chi connectivity index (χ0v) is 13.0. The molecule has 2 aromatic carbocycles. The minimum Gasteiger partial charge on any atom is -0.497 e. The summed E-state index contributed by atoms with van der Waals surface area (Å²) < 4.78 is 18.4. The van der Waals surface area contributed by atoms with Crippen LogP contribution in [0.5, 0.6) is 5.75 Å².